The van der Waals surface area contributed by atoms with Gasteiger partial charge in [-0.1, -0.05) is 23.7 Å². The van der Waals surface area contributed by atoms with E-state index in [-0.39, 0.29) is 12.1 Å². The lowest BCUT2D eigenvalue weighted by Gasteiger charge is -2.33. The number of carbonyl (C=O) groups excluding carboxylic acids is 1. The lowest BCUT2D eigenvalue weighted by molar-refractivity contribution is 0.0919. The van der Waals surface area contributed by atoms with Crippen molar-refractivity contribution in [3.05, 3.63) is 34.9 Å². The fourth-order valence-electron chi connectivity index (χ4n) is 2.36. The summed E-state index contributed by atoms with van der Waals surface area (Å²) < 4.78 is 4.90. The number of hydrogen-bond acceptors (Lipinski definition) is 3. The minimum Gasteiger partial charge on any atom is -0.453 e. The van der Waals surface area contributed by atoms with Crippen molar-refractivity contribution in [1.82, 2.24) is 10.2 Å². The van der Waals surface area contributed by atoms with Gasteiger partial charge in [0.15, 0.2) is 0 Å². The summed E-state index contributed by atoms with van der Waals surface area (Å²) in [7, 11) is 1.43. The molecule has 1 saturated heterocycles. The molecule has 104 valence electrons. The maximum atomic E-state index is 11.9. The third kappa shape index (κ3) is 3.85. The Balaban J connectivity index is 2.08. The van der Waals surface area contributed by atoms with E-state index in [2.05, 4.69) is 5.32 Å². The number of methoxy groups -OCH3 is 1. The second-order valence-corrected chi connectivity index (χ2v) is 5.14. The van der Waals surface area contributed by atoms with Crippen LogP contribution in [0.15, 0.2) is 24.3 Å². The van der Waals surface area contributed by atoms with Gasteiger partial charge < -0.3 is 15.0 Å². The molecule has 0 radical (unpaired) electrons. The zero-order valence-electron chi connectivity index (χ0n) is 11.1. The van der Waals surface area contributed by atoms with Crippen LogP contribution in [0.4, 0.5) is 4.79 Å². The highest BCUT2D eigenvalue weighted by Gasteiger charge is 2.25. The maximum Gasteiger partial charge on any atom is 0.410 e. The minimum atomic E-state index is -0.262. The molecule has 0 unspecified atom stereocenters. The molecule has 19 heavy (non-hydrogen) atoms. The van der Waals surface area contributed by atoms with E-state index in [1.165, 1.54) is 7.11 Å². The van der Waals surface area contributed by atoms with E-state index in [4.69, 9.17) is 16.3 Å². The minimum absolute atomic E-state index is 0.240. The summed E-state index contributed by atoms with van der Waals surface area (Å²) in [5, 5.41) is 4.01. The zero-order chi connectivity index (χ0) is 13.7. The number of ether oxygens (including phenoxy) is 1. The Morgan fingerprint density at radius 3 is 2.58 bits per heavy atom. The van der Waals surface area contributed by atoms with E-state index < -0.39 is 0 Å². The molecule has 2 rings (SSSR count). The highest BCUT2D eigenvalue weighted by atomic mass is 35.5. The standard InChI is InChI=1S/C14H19ClN2O2/c1-19-14(18)17(13-6-8-16-9-7-13)10-11-2-4-12(15)5-3-11/h2-5,13,16H,6-10H2,1H3. The van der Waals surface area contributed by atoms with Gasteiger partial charge in [-0.25, -0.2) is 4.79 Å². The van der Waals surface area contributed by atoms with Gasteiger partial charge in [-0.15, -0.1) is 0 Å². The first-order chi connectivity index (χ1) is 9.20. The molecule has 1 heterocycles. The van der Waals surface area contributed by atoms with Gasteiger partial charge in [0.25, 0.3) is 0 Å². The second kappa shape index (κ2) is 6.78. The van der Waals surface area contributed by atoms with Gasteiger partial charge in [0, 0.05) is 17.6 Å². The molecule has 1 N–H and O–H groups in total. The largest absolute Gasteiger partial charge is 0.453 e. The Bertz CT molecular complexity index is 416. The Morgan fingerprint density at radius 2 is 2.00 bits per heavy atom. The summed E-state index contributed by atoms with van der Waals surface area (Å²) in [4.78, 5) is 13.7. The van der Waals surface area contributed by atoms with Gasteiger partial charge in [-0.05, 0) is 43.6 Å². The van der Waals surface area contributed by atoms with Gasteiger partial charge in [0.1, 0.15) is 0 Å². The van der Waals surface area contributed by atoms with Gasteiger partial charge in [0.05, 0.1) is 7.11 Å². The molecule has 0 atom stereocenters. The first-order valence-corrected chi connectivity index (χ1v) is 6.88. The molecule has 0 spiro atoms. The average Bonchev–Trinajstić information content (AvgIpc) is 2.47. The molecule has 0 saturated carbocycles. The third-order valence-electron chi connectivity index (χ3n) is 3.42. The van der Waals surface area contributed by atoms with Crippen LogP contribution < -0.4 is 5.32 Å². The number of piperidine rings is 1. The molecule has 1 aromatic rings. The summed E-state index contributed by atoms with van der Waals surface area (Å²) in [5.41, 5.74) is 1.06. The number of benzene rings is 1. The van der Waals surface area contributed by atoms with Crippen LogP contribution in [-0.2, 0) is 11.3 Å². The van der Waals surface area contributed by atoms with Crippen LogP contribution in [0.5, 0.6) is 0 Å². The van der Waals surface area contributed by atoms with Crippen LogP contribution in [-0.4, -0.2) is 37.2 Å². The number of nitrogens with one attached hydrogen (secondary N) is 1. The number of rotatable bonds is 3. The molecule has 1 amide bonds. The van der Waals surface area contributed by atoms with Gasteiger partial charge in [-0.2, -0.15) is 0 Å². The lowest BCUT2D eigenvalue weighted by atomic mass is 10.0. The predicted octanol–water partition coefficient (Wildman–Crippen LogP) is 2.66. The Morgan fingerprint density at radius 1 is 1.37 bits per heavy atom. The highest BCUT2D eigenvalue weighted by Crippen LogP contribution is 2.18. The van der Waals surface area contributed by atoms with Gasteiger partial charge in [0.2, 0.25) is 0 Å². The van der Waals surface area contributed by atoms with Crippen molar-refractivity contribution in [3.8, 4) is 0 Å². The first-order valence-electron chi connectivity index (χ1n) is 6.50. The summed E-state index contributed by atoms with van der Waals surface area (Å²) in [6.45, 7) is 2.45. The SMILES string of the molecule is COC(=O)N(Cc1ccc(Cl)cc1)C1CCNCC1. The van der Waals surface area contributed by atoms with Crippen molar-refractivity contribution in [2.45, 2.75) is 25.4 Å². The molecule has 0 aromatic heterocycles. The van der Waals surface area contributed by atoms with E-state index in [0.29, 0.717) is 11.6 Å². The maximum absolute atomic E-state index is 11.9. The zero-order valence-corrected chi connectivity index (χ0v) is 11.8. The molecule has 4 nitrogen and oxygen atoms in total. The third-order valence-corrected chi connectivity index (χ3v) is 3.68. The van der Waals surface area contributed by atoms with Crippen molar-refractivity contribution < 1.29 is 9.53 Å². The molecule has 0 aliphatic carbocycles. The van der Waals surface area contributed by atoms with Crippen LogP contribution >= 0.6 is 11.6 Å². The van der Waals surface area contributed by atoms with Crippen molar-refractivity contribution in [2.24, 2.45) is 0 Å². The van der Waals surface area contributed by atoms with Crippen molar-refractivity contribution in [1.29, 1.82) is 0 Å². The summed E-state index contributed by atoms with van der Waals surface area (Å²) >= 11 is 5.87. The monoisotopic (exact) mass is 282 g/mol. The average molecular weight is 283 g/mol. The van der Waals surface area contributed by atoms with Crippen molar-refractivity contribution in [2.75, 3.05) is 20.2 Å². The van der Waals surface area contributed by atoms with Crippen LogP contribution in [0, 0.1) is 0 Å². The van der Waals surface area contributed by atoms with E-state index >= 15 is 0 Å². The van der Waals surface area contributed by atoms with Crippen LogP contribution in [0.25, 0.3) is 0 Å². The summed E-state index contributed by atoms with van der Waals surface area (Å²) in [6, 6.07) is 7.81. The molecule has 5 heteroatoms. The first kappa shape index (κ1) is 14.2. The van der Waals surface area contributed by atoms with Crippen LogP contribution in [0.3, 0.4) is 0 Å². The number of hydrogen-bond donors (Lipinski definition) is 1. The quantitative estimate of drug-likeness (QED) is 0.927. The number of amides is 1. The topological polar surface area (TPSA) is 41.6 Å². The van der Waals surface area contributed by atoms with E-state index in [1.54, 1.807) is 0 Å². The highest BCUT2D eigenvalue weighted by molar-refractivity contribution is 6.30. The molecule has 1 fully saturated rings. The molecule has 0 bridgehead atoms. The fourth-order valence-corrected chi connectivity index (χ4v) is 2.49. The Kier molecular flexibility index (Phi) is 5.05. The normalized spacial score (nSPS) is 16.1. The lowest BCUT2D eigenvalue weighted by Crippen LogP contribution is -2.45. The molecule has 1 aliphatic rings. The number of carbonyl (C=O) groups is 1. The molecule has 1 aliphatic heterocycles. The van der Waals surface area contributed by atoms with Crippen molar-refractivity contribution >= 4 is 17.7 Å². The fraction of sp³-hybridized carbons (Fsp3) is 0.500. The molecular weight excluding hydrogens is 264 g/mol. The summed E-state index contributed by atoms with van der Waals surface area (Å²) in [5.74, 6) is 0. The van der Waals surface area contributed by atoms with E-state index in [0.717, 1.165) is 31.5 Å². The molecule has 1 aromatic carbocycles. The van der Waals surface area contributed by atoms with Crippen LogP contribution in [0.2, 0.25) is 5.02 Å². The summed E-state index contributed by atoms with van der Waals surface area (Å²) in [6.07, 6.45) is 1.66. The predicted molar refractivity (Wildman–Crippen MR) is 75.3 cm³/mol. The second-order valence-electron chi connectivity index (χ2n) is 4.71. The van der Waals surface area contributed by atoms with Crippen molar-refractivity contribution in [3.63, 3.8) is 0 Å². The Labute approximate surface area is 118 Å². The van der Waals surface area contributed by atoms with Gasteiger partial charge >= 0.3 is 6.09 Å². The van der Waals surface area contributed by atoms with E-state index in [9.17, 15) is 4.79 Å². The Hall–Kier alpha value is -1.26. The van der Waals surface area contributed by atoms with E-state index in [1.807, 2.05) is 29.2 Å². The van der Waals surface area contributed by atoms with Gasteiger partial charge in [-0.3, -0.25) is 0 Å². The number of nitrogens with zero attached hydrogens (tertiary/aromatic N) is 1. The smallest absolute Gasteiger partial charge is 0.410 e. The molecular formula is C14H19ClN2O2. The van der Waals surface area contributed by atoms with Crippen LogP contribution in [0.1, 0.15) is 18.4 Å². The number of halogens is 1.